The van der Waals surface area contributed by atoms with Gasteiger partial charge in [0.2, 0.25) is 0 Å². The summed E-state index contributed by atoms with van der Waals surface area (Å²) in [6.07, 6.45) is 5.02. The van der Waals surface area contributed by atoms with E-state index >= 15 is 0 Å². The molecule has 4 rings (SSSR count). The molecule has 130 valence electrons. The van der Waals surface area contributed by atoms with Gasteiger partial charge in [-0.1, -0.05) is 30.0 Å². The molecular formula is C18H12N2O4S2. The molecule has 0 aliphatic carbocycles. The quantitative estimate of drug-likeness (QED) is 0.526. The van der Waals surface area contributed by atoms with Crippen LogP contribution < -0.4 is 10.1 Å². The van der Waals surface area contributed by atoms with Gasteiger partial charge < -0.3 is 19.6 Å². The summed E-state index contributed by atoms with van der Waals surface area (Å²) in [6.45, 7) is 0. The molecule has 1 saturated heterocycles. The van der Waals surface area contributed by atoms with Crippen molar-refractivity contribution in [3.05, 3.63) is 47.3 Å². The number of fused-ring (bicyclic) bond motifs is 1. The monoisotopic (exact) mass is 384 g/mol. The van der Waals surface area contributed by atoms with Crippen LogP contribution in [0, 0.1) is 0 Å². The first-order valence-corrected chi connectivity index (χ1v) is 8.77. The predicted molar refractivity (Wildman–Crippen MR) is 104 cm³/mol. The zero-order chi connectivity index (χ0) is 18.3. The number of nitrogens with one attached hydrogen (secondary N) is 1. The third kappa shape index (κ3) is 2.93. The molecule has 1 aliphatic heterocycles. The zero-order valence-corrected chi connectivity index (χ0v) is 15.1. The average Bonchev–Trinajstić information content (AvgIpc) is 3.17. The third-order valence-electron chi connectivity index (χ3n) is 3.85. The second-order valence-electron chi connectivity index (χ2n) is 5.49. The minimum absolute atomic E-state index is 0.0569. The number of phenolic OH excluding ortho intramolecular Hbond substituents is 1. The minimum atomic E-state index is -0.234. The van der Waals surface area contributed by atoms with Crippen molar-refractivity contribution in [3.8, 4) is 22.6 Å². The molecule has 0 bridgehead atoms. The highest BCUT2D eigenvalue weighted by Gasteiger charge is 2.23. The number of hydrogen-bond donors (Lipinski definition) is 2. The molecule has 2 N–H and O–H groups in total. The number of hydrogen-bond acceptors (Lipinski definition) is 7. The van der Waals surface area contributed by atoms with Crippen molar-refractivity contribution in [2.45, 2.75) is 0 Å². The van der Waals surface area contributed by atoms with Gasteiger partial charge in [-0.2, -0.15) is 0 Å². The number of carbonyl (C=O) groups is 1. The summed E-state index contributed by atoms with van der Waals surface area (Å²) in [5.74, 6) is 0.715. The Morgan fingerprint density at radius 2 is 2.19 bits per heavy atom. The first-order chi connectivity index (χ1) is 12.5. The molecule has 3 aromatic rings. The van der Waals surface area contributed by atoms with Crippen molar-refractivity contribution in [2.75, 3.05) is 7.11 Å². The number of methoxy groups -OCH3 is 1. The molecule has 2 aromatic heterocycles. The molecule has 0 atom stereocenters. The lowest BCUT2D eigenvalue weighted by Crippen LogP contribution is -2.17. The third-order valence-corrected chi connectivity index (χ3v) is 5.01. The highest BCUT2D eigenvalue weighted by Crippen LogP contribution is 2.36. The minimum Gasteiger partial charge on any atom is -0.504 e. The van der Waals surface area contributed by atoms with Gasteiger partial charge in [0.1, 0.15) is 15.7 Å². The number of aromatic nitrogens is 1. The van der Waals surface area contributed by atoms with Gasteiger partial charge in [0, 0.05) is 29.4 Å². The number of benzene rings is 1. The van der Waals surface area contributed by atoms with Gasteiger partial charge in [-0.05, 0) is 23.8 Å². The number of nitrogens with zero attached hydrogens (tertiary/aromatic N) is 1. The number of thioether (sulfide) groups is 1. The number of pyridine rings is 1. The maximum atomic E-state index is 11.8. The summed E-state index contributed by atoms with van der Waals surface area (Å²) in [4.78, 5) is 16.5. The van der Waals surface area contributed by atoms with Crippen LogP contribution >= 0.6 is 24.0 Å². The van der Waals surface area contributed by atoms with Crippen molar-refractivity contribution in [3.63, 3.8) is 0 Å². The molecule has 1 aromatic carbocycles. The number of furan rings is 1. The van der Waals surface area contributed by atoms with E-state index in [2.05, 4.69) is 10.3 Å². The van der Waals surface area contributed by atoms with Gasteiger partial charge in [-0.25, -0.2) is 0 Å². The second-order valence-corrected chi connectivity index (χ2v) is 7.21. The van der Waals surface area contributed by atoms with Gasteiger partial charge >= 0.3 is 0 Å². The number of rotatable bonds is 3. The first-order valence-electron chi connectivity index (χ1n) is 7.55. The first kappa shape index (κ1) is 16.6. The highest BCUT2D eigenvalue weighted by molar-refractivity contribution is 8.26. The van der Waals surface area contributed by atoms with Crippen LogP contribution in [0.3, 0.4) is 0 Å². The van der Waals surface area contributed by atoms with Crippen LogP contribution in [0.15, 0.2) is 46.0 Å². The zero-order valence-electron chi connectivity index (χ0n) is 13.5. The van der Waals surface area contributed by atoms with Gasteiger partial charge in [0.15, 0.2) is 11.5 Å². The van der Waals surface area contributed by atoms with Crippen molar-refractivity contribution < 1.29 is 19.1 Å². The van der Waals surface area contributed by atoms with Crippen molar-refractivity contribution in [1.29, 1.82) is 0 Å². The van der Waals surface area contributed by atoms with Crippen LogP contribution in [0.1, 0.15) is 5.76 Å². The molecule has 6 nitrogen and oxygen atoms in total. The summed E-state index contributed by atoms with van der Waals surface area (Å²) < 4.78 is 11.5. The Kier molecular flexibility index (Phi) is 4.14. The molecule has 1 amide bonds. The average molecular weight is 384 g/mol. The fourth-order valence-corrected chi connectivity index (χ4v) is 3.68. The summed E-state index contributed by atoms with van der Waals surface area (Å²) in [6, 6.07) is 6.84. The Hall–Kier alpha value is -2.84. The Labute approximate surface area is 157 Å². The van der Waals surface area contributed by atoms with E-state index in [4.69, 9.17) is 21.4 Å². The molecule has 0 saturated carbocycles. The Morgan fingerprint density at radius 1 is 1.35 bits per heavy atom. The SMILES string of the molecule is COc1cc(-c2cncc3cc(C=C4SC(=S)NC4=O)oc23)ccc1O. The van der Waals surface area contributed by atoms with E-state index < -0.39 is 0 Å². The van der Waals surface area contributed by atoms with Crippen molar-refractivity contribution >= 4 is 51.3 Å². The van der Waals surface area contributed by atoms with Crippen molar-refractivity contribution in [2.24, 2.45) is 0 Å². The second kappa shape index (κ2) is 6.47. The topological polar surface area (TPSA) is 84.6 Å². The van der Waals surface area contributed by atoms with Crippen LogP contribution in [0.25, 0.3) is 28.2 Å². The Balaban J connectivity index is 1.81. The van der Waals surface area contributed by atoms with Crippen LogP contribution in [0.5, 0.6) is 11.5 Å². The van der Waals surface area contributed by atoms with Crippen LogP contribution in [-0.2, 0) is 4.79 Å². The summed E-state index contributed by atoms with van der Waals surface area (Å²) in [7, 11) is 1.49. The number of carbonyl (C=O) groups excluding carboxylic acids is 1. The highest BCUT2D eigenvalue weighted by atomic mass is 32.2. The Morgan fingerprint density at radius 3 is 2.92 bits per heavy atom. The Bertz CT molecular complexity index is 1090. The summed E-state index contributed by atoms with van der Waals surface area (Å²) >= 11 is 6.19. The van der Waals surface area contributed by atoms with E-state index in [0.717, 1.165) is 16.5 Å². The molecular weight excluding hydrogens is 372 g/mol. The lowest BCUT2D eigenvalue weighted by molar-refractivity contribution is -0.115. The number of thiocarbonyl (C=S) groups is 1. The van der Waals surface area contributed by atoms with Gasteiger partial charge in [0.25, 0.3) is 5.91 Å². The van der Waals surface area contributed by atoms with Gasteiger partial charge in [-0.15, -0.1) is 0 Å². The molecule has 26 heavy (non-hydrogen) atoms. The fraction of sp³-hybridized carbons (Fsp3) is 0.0556. The van der Waals surface area contributed by atoms with E-state index in [1.54, 1.807) is 36.7 Å². The smallest absolute Gasteiger partial charge is 0.263 e. The van der Waals surface area contributed by atoms with Crippen LogP contribution in [0.2, 0.25) is 0 Å². The molecule has 1 fully saturated rings. The van der Waals surface area contributed by atoms with Crippen LogP contribution in [-0.4, -0.2) is 27.4 Å². The van der Waals surface area contributed by atoms with E-state index in [0.29, 0.717) is 26.3 Å². The molecule has 0 radical (unpaired) electrons. The van der Waals surface area contributed by atoms with Crippen LogP contribution in [0.4, 0.5) is 0 Å². The normalized spacial score (nSPS) is 15.7. The number of amides is 1. The number of aromatic hydroxyl groups is 1. The largest absolute Gasteiger partial charge is 0.504 e. The molecule has 8 heteroatoms. The molecule has 3 heterocycles. The maximum absolute atomic E-state index is 11.8. The lowest BCUT2D eigenvalue weighted by atomic mass is 10.1. The lowest BCUT2D eigenvalue weighted by Gasteiger charge is -2.07. The van der Waals surface area contributed by atoms with Gasteiger partial charge in [0.05, 0.1) is 12.0 Å². The fourth-order valence-electron chi connectivity index (χ4n) is 2.65. The predicted octanol–water partition coefficient (Wildman–Crippen LogP) is 3.70. The molecule has 0 unspecified atom stereocenters. The standard InChI is InChI=1S/C18H12N2O4S2/c1-23-14-5-9(2-3-13(14)21)12-8-19-7-10-4-11(24-16(10)12)6-15-17(22)20-18(25)26-15/h2-8,21H,1H3,(H,20,22,25). The van der Waals surface area contributed by atoms with E-state index in [-0.39, 0.29) is 11.7 Å². The number of ether oxygens (including phenoxy) is 1. The van der Waals surface area contributed by atoms with Crippen molar-refractivity contribution in [1.82, 2.24) is 10.3 Å². The summed E-state index contributed by atoms with van der Waals surface area (Å²) in [5.41, 5.74) is 2.18. The molecule has 0 spiro atoms. The number of phenols is 1. The molecule has 1 aliphatic rings. The van der Waals surface area contributed by atoms with E-state index in [1.165, 1.54) is 18.9 Å². The van der Waals surface area contributed by atoms with E-state index in [1.807, 2.05) is 6.07 Å². The van der Waals surface area contributed by atoms with E-state index in [9.17, 15) is 9.90 Å². The maximum Gasteiger partial charge on any atom is 0.263 e. The van der Waals surface area contributed by atoms with Gasteiger partial charge in [-0.3, -0.25) is 9.78 Å². The summed E-state index contributed by atoms with van der Waals surface area (Å²) in [5, 5.41) is 13.2.